The van der Waals surface area contributed by atoms with Gasteiger partial charge in [-0.1, -0.05) is 37.3 Å². The topological polar surface area (TPSA) is 82.5 Å². The highest BCUT2D eigenvalue weighted by Crippen LogP contribution is 2.44. The number of benzene rings is 2. The first-order chi connectivity index (χ1) is 17.6. The molecule has 0 saturated carbocycles. The van der Waals surface area contributed by atoms with E-state index in [0.717, 1.165) is 34.2 Å². The van der Waals surface area contributed by atoms with Gasteiger partial charge in [0.05, 0.1) is 16.5 Å². The van der Waals surface area contributed by atoms with Crippen LogP contribution >= 0.6 is 0 Å². The van der Waals surface area contributed by atoms with Gasteiger partial charge in [0, 0.05) is 30.8 Å². The van der Waals surface area contributed by atoms with Gasteiger partial charge in [-0.25, -0.2) is 17.9 Å². The lowest BCUT2D eigenvalue weighted by molar-refractivity contribution is 0.0948. The predicted octanol–water partition coefficient (Wildman–Crippen LogP) is 5.40. The van der Waals surface area contributed by atoms with E-state index in [0.29, 0.717) is 30.9 Å². The molecule has 0 radical (unpaired) electrons. The average molecular weight is 524 g/mol. The van der Waals surface area contributed by atoms with Gasteiger partial charge in [0.1, 0.15) is 22.5 Å². The van der Waals surface area contributed by atoms with E-state index in [1.54, 1.807) is 18.2 Å². The summed E-state index contributed by atoms with van der Waals surface area (Å²) in [5.74, 6) is -0.557. The van der Waals surface area contributed by atoms with Crippen molar-refractivity contribution >= 4 is 16.9 Å². The average Bonchev–Trinajstić information content (AvgIpc) is 3.24. The van der Waals surface area contributed by atoms with Crippen LogP contribution in [0.4, 0.5) is 4.39 Å². The van der Waals surface area contributed by atoms with Crippen LogP contribution in [-0.4, -0.2) is 42.4 Å². The van der Waals surface area contributed by atoms with Crippen molar-refractivity contribution in [1.29, 1.82) is 0 Å². The van der Waals surface area contributed by atoms with Crippen molar-refractivity contribution in [2.24, 2.45) is 0 Å². The summed E-state index contributed by atoms with van der Waals surface area (Å²) < 4.78 is 28.4. The van der Waals surface area contributed by atoms with Crippen molar-refractivity contribution in [2.45, 2.75) is 57.9 Å². The second kappa shape index (κ2) is 11.2. The maximum atomic E-state index is 13.5. The van der Waals surface area contributed by atoms with Crippen LogP contribution in [0.15, 0.2) is 54.6 Å². The number of aliphatic hydroxyl groups is 1. The summed E-state index contributed by atoms with van der Waals surface area (Å²) >= 11 is 0. The van der Waals surface area contributed by atoms with Gasteiger partial charge < -0.3 is 10.4 Å². The maximum absolute atomic E-state index is 13.5. The molecule has 0 spiro atoms. The van der Waals surface area contributed by atoms with Gasteiger partial charge in [-0.05, 0) is 74.6 Å². The first-order valence-electron chi connectivity index (χ1n) is 12.6. The van der Waals surface area contributed by atoms with Gasteiger partial charge in [0.15, 0.2) is 0 Å². The molecule has 3 aromatic rings. The van der Waals surface area contributed by atoms with Crippen LogP contribution in [0.25, 0.3) is 22.4 Å². The van der Waals surface area contributed by atoms with Gasteiger partial charge in [-0.15, -0.1) is 0 Å². The molecular weight excluding hydrogens is 489 g/mol. The van der Waals surface area contributed by atoms with E-state index in [1.807, 2.05) is 56.3 Å². The molecule has 1 aromatic heterocycles. The minimum atomic E-state index is -1.34. The monoisotopic (exact) mass is 523 g/mol. The summed E-state index contributed by atoms with van der Waals surface area (Å²) in [4.78, 5) is 17.8. The molecule has 4 rings (SSSR count). The van der Waals surface area contributed by atoms with Crippen molar-refractivity contribution in [2.75, 3.05) is 13.2 Å². The highest BCUT2D eigenvalue weighted by atomic mass is 32.2. The molecule has 2 heterocycles. The van der Waals surface area contributed by atoms with Crippen LogP contribution in [0, 0.1) is 5.82 Å². The molecule has 196 valence electrons. The Hall–Kier alpha value is -2.94. The van der Waals surface area contributed by atoms with E-state index < -0.39 is 15.7 Å². The number of hydrogen-bond acceptors (Lipinski definition) is 4. The van der Waals surface area contributed by atoms with Crippen molar-refractivity contribution < 1.29 is 18.5 Å². The molecule has 6 nitrogen and oxygen atoms in total. The fourth-order valence-electron chi connectivity index (χ4n) is 4.62. The van der Waals surface area contributed by atoms with E-state index in [2.05, 4.69) is 5.32 Å². The molecule has 0 unspecified atom stereocenters. The highest BCUT2D eigenvalue weighted by molar-refractivity contribution is 7.84. The Kier molecular flexibility index (Phi) is 8.21. The number of carbonyl (C=O) groups excluding carboxylic acids is 1. The maximum Gasteiger partial charge on any atom is 0.269 e. The van der Waals surface area contributed by atoms with Gasteiger partial charge >= 0.3 is 0 Å². The Labute approximate surface area is 220 Å². The Morgan fingerprint density at radius 1 is 1.14 bits per heavy atom. The summed E-state index contributed by atoms with van der Waals surface area (Å²) in [6, 6.07) is 15.5. The standard InChI is InChI=1S/C29H34FN3O3S/c1-5-14-31-28(35)24-17-22-18-33(37(36)29(2,3)4)25(13-15-34)26(22)27(32-24)21-8-6-7-20(16-21)19-9-11-23(30)12-10-19/h6-12,16-17,25,34H,5,13-15,18H2,1-4H3,(H,31,35)/t25-,37-/m0/s1. The minimum Gasteiger partial charge on any atom is -0.396 e. The molecule has 2 N–H and O–H groups in total. The van der Waals surface area contributed by atoms with Gasteiger partial charge in [-0.2, -0.15) is 0 Å². The van der Waals surface area contributed by atoms with Crippen LogP contribution in [0.1, 0.15) is 68.2 Å². The van der Waals surface area contributed by atoms with Crippen LogP contribution < -0.4 is 5.32 Å². The van der Waals surface area contributed by atoms with Gasteiger partial charge in [0.2, 0.25) is 0 Å². The quantitative estimate of drug-likeness (QED) is 0.414. The summed E-state index contributed by atoms with van der Waals surface area (Å²) in [7, 11) is -1.34. The number of amides is 1. The first kappa shape index (κ1) is 27.1. The minimum absolute atomic E-state index is 0.0737. The van der Waals surface area contributed by atoms with E-state index in [1.165, 1.54) is 12.1 Å². The zero-order valence-electron chi connectivity index (χ0n) is 21.8. The molecule has 0 aliphatic carbocycles. The third kappa shape index (κ3) is 5.81. The fourth-order valence-corrected chi connectivity index (χ4v) is 6.02. The number of hydrogen-bond donors (Lipinski definition) is 2. The first-order valence-corrected chi connectivity index (χ1v) is 13.7. The third-order valence-electron chi connectivity index (χ3n) is 6.37. The van der Waals surface area contributed by atoms with Gasteiger partial charge in [0.25, 0.3) is 5.91 Å². The number of nitrogens with one attached hydrogen (secondary N) is 1. The molecule has 8 heteroatoms. The number of halogens is 1. The van der Waals surface area contributed by atoms with Crippen LogP contribution in [-0.2, 0) is 17.5 Å². The number of fused-ring (bicyclic) bond motifs is 1. The Morgan fingerprint density at radius 2 is 1.84 bits per heavy atom. The van der Waals surface area contributed by atoms with E-state index in [-0.39, 0.29) is 24.4 Å². The van der Waals surface area contributed by atoms with Crippen LogP contribution in [0.3, 0.4) is 0 Å². The van der Waals surface area contributed by atoms with Gasteiger partial charge in [-0.3, -0.25) is 4.79 Å². The van der Waals surface area contributed by atoms with E-state index in [9.17, 15) is 18.5 Å². The molecule has 37 heavy (non-hydrogen) atoms. The SMILES string of the molecule is CCCNC(=O)c1cc2c(c(-c3cccc(-c4ccc(F)cc4)c3)n1)[C@H](CCO)N([S@@](=O)C(C)(C)C)C2. The van der Waals surface area contributed by atoms with E-state index >= 15 is 0 Å². The van der Waals surface area contributed by atoms with Crippen molar-refractivity contribution in [3.05, 3.63) is 77.2 Å². The lowest BCUT2D eigenvalue weighted by Crippen LogP contribution is -2.36. The van der Waals surface area contributed by atoms with Crippen LogP contribution in [0.5, 0.6) is 0 Å². The summed E-state index contributed by atoms with van der Waals surface area (Å²) in [6.45, 7) is 8.63. The van der Waals surface area contributed by atoms with Crippen molar-refractivity contribution in [1.82, 2.24) is 14.6 Å². The largest absolute Gasteiger partial charge is 0.396 e. The second-order valence-corrected chi connectivity index (χ2v) is 12.4. The molecule has 0 bridgehead atoms. The number of aliphatic hydroxyl groups excluding tert-OH is 1. The van der Waals surface area contributed by atoms with Crippen molar-refractivity contribution in [3.63, 3.8) is 0 Å². The molecular formula is C29H34FN3O3S. The molecule has 0 saturated heterocycles. The number of pyridine rings is 1. The zero-order chi connectivity index (χ0) is 26.7. The highest BCUT2D eigenvalue weighted by Gasteiger charge is 2.40. The zero-order valence-corrected chi connectivity index (χ0v) is 22.6. The summed E-state index contributed by atoms with van der Waals surface area (Å²) in [5.41, 5.74) is 5.26. The summed E-state index contributed by atoms with van der Waals surface area (Å²) in [5, 5.41) is 12.8. The number of nitrogens with zero attached hydrogens (tertiary/aromatic N) is 2. The summed E-state index contributed by atoms with van der Waals surface area (Å²) in [6.07, 6.45) is 1.20. The Balaban J connectivity index is 1.88. The van der Waals surface area contributed by atoms with E-state index in [4.69, 9.17) is 4.98 Å². The second-order valence-electron chi connectivity index (χ2n) is 10.2. The number of carbonyl (C=O) groups is 1. The molecule has 1 amide bonds. The number of aromatic nitrogens is 1. The normalized spacial score (nSPS) is 16.4. The number of rotatable bonds is 8. The molecule has 0 fully saturated rings. The molecule has 2 aromatic carbocycles. The molecule has 2 atom stereocenters. The Bertz CT molecular complexity index is 1300. The predicted molar refractivity (Wildman–Crippen MR) is 146 cm³/mol. The smallest absolute Gasteiger partial charge is 0.269 e. The lowest BCUT2D eigenvalue weighted by Gasteiger charge is -2.30. The van der Waals surface area contributed by atoms with Crippen molar-refractivity contribution in [3.8, 4) is 22.4 Å². The molecule has 1 aliphatic heterocycles. The molecule has 1 aliphatic rings. The Morgan fingerprint density at radius 3 is 2.49 bits per heavy atom. The lowest BCUT2D eigenvalue weighted by atomic mass is 9.94. The third-order valence-corrected chi connectivity index (χ3v) is 8.23. The van der Waals surface area contributed by atoms with Crippen LogP contribution in [0.2, 0.25) is 0 Å². The fraction of sp³-hybridized carbons (Fsp3) is 0.379.